The van der Waals surface area contributed by atoms with Crippen molar-refractivity contribution in [1.82, 2.24) is 9.80 Å². The summed E-state index contributed by atoms with van der Waals surface area (Å²) in [5.41, 5.74) is 0.607. The Hall–Kier alpha value is -1.07. The Balaban J connectivity index is 2.76. The lowest BCUT2D eigenvalue weighted by Gasteiger charge is -2.28. The van der Waals surface area contributed by atoms with Crippen LogP contribution >= 0.6 is 15.9 Å². The normalized spacial score (nSPS) is 11.6. The van der Waals surface area contributed by atoms with Crippen molar-refractivity contribution in [2.24, 2.45) is 0 Å². The summed E-state index contributed by atoms with van der Waals surface area (Å²) in [7, 11) is 3.99. The standard InChI is InChI=1S/C16H25BrN2O2/c1-16(2,3)21-15(20)19(11-10-18(4)5)12-13-6-8-14(17)9-7-13/h6-9H,10-12H2,1-5H3. The number of likely N-dealkylation sites (N-methyl/N-ethyl adjacent to an activating group) is 1. The monoisotopic (exact) mass is 356 g/mol. The predicted molar refractivity (Wildman–Crippen MR) is 89.3 cm³/mol. The maximum absolute atomic E-state index is 12.3. The molecule has 118 valence electrons. The molecule has 0 aromatic heterocycles. The van der Waals surface area contributed by atoms with E-state index in [0.717, 1.165) is 16.6 Å². The fraction of sp³-hybridized carbons (Fsp3) is 0.562. The van der Waals surface area contributed by atoms with Gasteiger partial charge in [0.15, 0.2) is 0 Å². The Bertz CT molecular complexity index is 452. The first kappa shape index (κ1) is 18.0. The molecule has 1 aromatic rings. The molecule has 0 aliphatic carbocycles. The smallest absolute Gasteiger partial charge is 0.410 e. The van der Waals surface area contributed by atoms with Crippen LogP contribution in [0.1, 0.15) is 26.3 Å². The Kier molecular flexibility index (Phi) is 6.68. The highest BCUT2D eigenvalue weighted by atomic mass is 79.9. The van der Waals surface area contributed by atoms with Crippen molar-refractivity contribution in [3.63, 3.8) is 0 Å². The van der Waals surface area contributed by atoms with Gasteiger partial charge in [-0.1, -0.05) is 28.1 Å². The molecule has 1 amide bonds. The van der Waals surface area contributed by atoms with Crippen LogP contribution in [0.25, 0.3) is 0 Å². The number of hydrogen-bond acceptors (Lipinski definition) is 3. The minimum Gasteiger partial charge on any atom is -0.444 e. The highest BCUT2D eigenvalue weighted by Crippen LogP contribution is 2.15. The maximum Gasteiger partial charge on any atom is 0.410 e. The predicted octanol–water partition coefficient (Wildman–Crippen LogP) is 3.75. The molecule has 0 fully saturated rings. The number of halogens is 1. The van der Waals surface area contributed by atoms with Crippen LogP contribution in [0, 0.1) is 0 Å². The average molecular weight is 357 g/mol. The third-order valence-corrected chi connectivity index (χ3v) is 3.28. The number of amides is 1. The van der Waals surface area contributed by atoms with Crippen molar-refractivity contribution >= 4 is 22.0 Å². The van der Waals surface area contributed by atoms with Gasteiger partial charge in [0, 0.05) is 24.1 Å². The van der Waals surface area contributed by atoms with E-state index in [9.17, 15) is 4.79 Å². The number of hydrogen-bond donors (Lipinski definition) is 0. The van der Waals surface area contributed by atoms with E-state index in [-0.39, 0.29) is 6.09 Å². The highest BCUT2D eigenvalue weighted by Gasteiger charge is 2.22. The molecule has 0 unspecified atom stereocenters. The summed E-state index contributed by atoms with van der Waals surface area (Å²) in [6.45, 7) is 7.64. The number of nitrogens with zero attached hydrogens (tertiary/aromatic N) is 2. The van der Waals surface area contributed by atoms with Crippen LogP contribution in [0.4, 0.5) is 4.79 Å². The summed E-state index contributed by atoms with van der Waals surface area (Å²) >= 11 is 3.42. The molecule has 0 aliphatic heterocycles. The van der Waals surface area contributed by atoms with Crippen LogP contribution in [-0.2, 0) is 11.3 Å². The molecule has 0 spiro atoms. The Morgan fingerprint density at radius 2 is 1.71 bits per heavy atom. The zero-order valence-corrected chi connectivity index (χ0v) is 15.1. The van der Waals surface area contributed by atoms with Gasteiger partial charge in [0.05, 0.1) is 0 Å². The van der Waals surface area contributed by atoms with Crippen LogP contribution < -0.4 is 0 Å². The van der Waals surface area contributed by atoms with Gasteiger partial charge in [-0.25, -0.2) is 4.79 Å². The molecule has 0 heterocycles. The molecule has 0 radical (unpaired) electrons. The van der Waals surface area contributed by atoms with Gasteiger partial charge in [-0.2, -0.15) is 0 Å². The topological polar surface area (TPSA) is 32.8 Å². The fourth-order valence-electron chi connectivity index (χ4n) is 1.69. The largest absolute Gasteiger partial charge is 0.444 e. The maximum atomic E-state index is 12.3. The summed E-state index contributed by atoms with van der Waals surface area (Å²) in [5, 5.41) is 0. The van der Waals surface area contributed by atoms with Crippen LogP contribution in [0.3, 0.4) is 0 Å². The van der Waals surface area contributed by atoms with Crippen molar-refractivity contribution < 1.29 is 9.53 Å². The average Bonchev–Trinajstić information content (AvgIpc) is 2.34. The van der Waals surface area contributed by atoms with Gasteiger partial charge in [-0.3, -0.25) is 0 Å². The second-order valence-electron chi connectivity index (χ2n) is 6.33. The molecule has 0 bridgehead atoms. The molecule has 4 nitrogen and oxygen atoms in total. The molecule has 21 heavy (non-hydrogen) atoms. The lowest BCUT2D eigenvalue weighted by molar-refractivity contribution is 0.0223. The molecule has 0 aliphatic rings. The first-order valence-corrected chi connectivity index (χ1v) is 7.84. The summed E-state index contributed by atoms with van der Waals surface area (Å²) in [5.74, 6) is 0. The number of benzene rings is 1. The van der Waals surface area contributed by atoms with E-state index in [0.29, 0.717) is 13.1 Å². The summed E-state index contributed by atoms with van der Waals surface area (Å²) in [6, 6.07) is 7.98. The first-order valence-electron chi connectivity index (χ1n) is 7.04. The minimum atomic E-state index is -0.479. The first-order chi connectivity index (χ1) is 9.67. The van der Waals surface area contributed by atoms with E-state index >= 15 is 0 Å². The van der Waals surface area contributed by atoms with Crippen LogP contribution in [0.15, 0.2) is 28.7 Å². The quantitative estimate of drug-likeness (QED) is 0.805. The van der Waals surface area contributed by atoms with E-state index in [1.165, 1.54) is 0 Å². The number of carbonyl (C=O) groups excluding carboxylic acids is 1. The van der Waals surface area contributed by atoms with Gasteiger partial charge in [0.1, 0.15) is 5.60 Å². The van der Waals surface area contributed by atoms with Crippen molar-refractivity contribution in [2.75, 3.05) is 27.2 Å². The summed E-state index contributed by atoms with van der Waals surface area (Å²) in [4.78, 5) is 16.1. The SMILES string of the molecule is CN(C)CCN(Cc1ccc(Br)cc1)C(=O)OC(C)(C)C. The molecule has 1 rings (SSSR count). The molecule has 0 N–H and O–H groups in total. The number of carbonyl (C=O) groups is 1. The van der Waals surface area contributed by atoms with Gasteiger partial charge in [0.2, 0.25) is 0 Å². The van der Waals surface area contributed by atoms with Gasteiger partial charge < -0.3 is 14.5 Å². The molecule has 0 atom stereocenters. The molecule has 1 aromatic carbocycles. The van der Waals surface area contributed by atoms with E-state index in [4.69, 9.17) is 4.74 Å². The second kappa shape index (κ2) is 7.80. The highest BCUT2D eigenvalue weighted by molar-refractivity contribution is 9.10. The third-order valence-electron chi connectivity index (χ3n) is 2.76. The van der Waals surface area contributed by atoms with E-state index in [1.807, 2.05) is 59.1 Å². The van der Waals surface area contributed by atoms with Crippen molar-refractivity contribution in [2.45, 2.75) is 32.9 Å². The van der Waals surface area contributed by atoms with Gasteiger partial charge >= 0.3 is 6.09 Å². The van der Waals surface area contributed by atoms with Gasteiger partial charge in [-0.05, 0) is 52.6 Å². The fourth-order valence-corrected chi connectivity index (χ4v) is 1.96. The zero-order valence-electron chi connectivity index (χ0n) is 13.5. The van der Waals surface area contributed by atoms with Crippen LogP contribution in [0.5, 0.6) is 0 Å². The number of rotatable bonds is 5. The van der Waals surface area contributed by atoms with Gasteiger partial charge in [0.25, 0.3) is 0 Å². The minimum absolute atomic E-state index is 0.271. The molecule has 0 saturated carbocycles. The van der Waals surface area contributed by atoms with Crippen molar-refractivity contribution in [3.05, 3.63) is 34.3 Å². The Morgan fingerprint density at radius 3 is 2.19 bits per heavy atom. The molecular formula is C16H25BrN2O2. The lowest BCUT2D eigenvalue weighted by atomic mass is 10.2. The van der Waals surface area contributed by atoms with Crippen LogP contribution in [0.2, 0.25) is 0 Å². The second-order valence-corrected chi connectivity index (χ2v) is 7.25. The zero-order chi connectivity index (χ0) is 16.0. The van der Waals surface area contributed by atoms with Crippen LogP contribution in [-0.4, -0.2) is 48.7 Å². The molecular weight excluding hydrogens is 332 g/mol. The molecule has 5 heteroatoms. The van der Waals surface area contributed by atoms with Gasteiger partial charge in [-0.15, -0.1) is 0 Å². The summed E-state index contributed by atoms with van der Waals surface area (Å²) < 4.78 is 6.52. The van der Waals surface area contributed by atoms with E-state index in [2.05, 4.69) is 20.8 Å². The summed E-state index contributed by atoms with van der Waals surface area (Å²) in [6.07, 6.45) is -0.271. The van der Waals surface area contributed by atoms with Crippen molar-refractivity contribution in [3.8, 4) is 0 Å². The number of ether oxygens (including phenoxy) is 1. The molecule has 0 saturated heterocycles. The van der Waals surface area contributed by atoms with E-state index in [1.54, 1.807) is 4.90 Å². The lowest BCUT2D eigenvalue weighted by Crippen LogP contribution is -2.39. The Labute approximate surface area is 136 Å². The third kappa shape index (κ3) is 7.48. The van der Waals surface area contributed by atoms with E-state index < -0.39 is 5.60 Å². The van der Waals surface area contributed by atoms with Crippen molar-refractivity contribution in [1.29, 1.82) is 0 Å². The Morgan fingerprint density at radius 1 is 1.14 bits per heavy atom.